The maximum absolute atomic E-state index is 12.5. The van der Waals surface area contributed by atoms with Gasteiger partial charge in [-0.25, -0.2) is 0 Å². The summed E-state index contributed by atoms with van der Waals surface area (Å²) < 4.78 is 19.0. The zero-order valence-corrected chi connectivity index (χ0v) is 11.8. The van der Waals surface area contributed by atoms with Gasteiger partial charge in [-0.3, -0.25) is 4.57 Å². The minimum Gasteiger partial charge on any atom is -0.440 e. The lowest BCUT2D eigenvalue weighted by Gasteiger charge is -2.15. The molecule has 0 aliphatic rings. The number of para-hydroxylation sites is 1. The molecule has 0 aromatic heterocycles. The number of halogens is 1. The maximum Gasteiger partial charge on any atom is 0.274 e. The summed E-state index contributed by atoms with van der Waals surface area (Å²) in [6, 6.07) is 16.6. The van der Waals surface area contributed by atoms with Gasteiger partial charge in [0.1, 0.15) is 5.75 Å². The Bertz CT molecular complexity index is 537. The van der Waals surface area contributed by atoms with Crippen LogP contribution in [0.25, 0.3) is 0 Å². The molecule has 0 aliphatic carbocycles. The fourth-order valence-corrected chi connectivity index (χ4v) is 3.03. The second kappa shape index (κ2) is 5.07. The summed E-state index contributed by atoms with van der Waals surface area (Å²) in [6.07, 6.45) is 0. The number of hydrogen-bond acceptors (Lipinski definition) is 2. The topological polar surface area (TPSA) is 26.3 Å². The van der Waals surface area contributed by atoms with Gasteiger partial charge in [0.25, 0.3) is 7.37 Å². The van der Waals surface area contributed by atoms with Gasteiger partial charge in [-0.15, -0.1) is 0 Å². The molecule has 0 N–H and O–H groups in total. The van der Waals surface area contributed by atoms with E-state index < -0.39 is 7.37 Å². The smallest absolute Gasteiger partial charge is 0.274 e. The first-order valence-electron chi connectivity index (χ1n) is 5.16. The lowest BCUT2D eigenvalue weighted by atomic mass is 10.3. The van der Waals surface area contributed by atoms with E-state index in [0.29, 0.717) is 11.1 Å². The van der Waals surface area contributed by atoms with Gasteiger partial charge in [-0.1, -0.05) is 34.1 Å². The predicted octanol–water partition coefficient (Wildman–Crippen LogP) is 4.06. The maximum atomic E-state index is 12.5. The zero-order valence-electron chi connectivity index (χ0n) is 9.34. The Labute approximate surface area is 109 Å². The van der Waals surface area contributed by atoms with Crippen LogP contribution in [0.1, 0.15) is 0 Å². The summed E-state index contributed by atoms with van der Waals surface area (Å²) >= 11 is 3.35. The lowest BCUT2D eigenvalue weighted by Crippen LogP contribution is -2.07. The van der Waals surface area contributed by atoms with Crippen LogP contribution >= 0.6 is 23.3 Å². The lowest BCUT2D eigenvalue weighted by molar-refractivity contribution is 0.498. The molecule has 0 amide bonds. The number of hydrogen-bond donors (Lipinski definition) is 0. The monoisotopic (exact) mass is 310 g/mol. The Balaban J connectivity index is 2.25. The van der Waals surface area contributed by atoms with Gasteiger partial charge in [-0.05, 0) is 36.4 Å². The van der Waals surface area contributed by atoms with E-state index in [1.54, 1.807) is 18.8 Å². The molecule has 0 spiro atoms. The number of rotatable bonds is 3. The summed E-state index contributed by atoms with van der Waals surface area (Å²) in [6.45, 7) is 1.63. The summed E-state index contributed by atoms with van der Waals surface area (Å²) in [7, 11) is -2.81. The molecule has 17 heavy (non-hydrogen) atoms. The van der Waals surface area contributed by atoms with Gasteiger partial charge in [0, 0.05) is 16.4 Å². The SMILES string of the molecule is CP(=O)(Oc1ccccc1)c1ccc(Br)cc1. The van der Waals surface area contributed by atoms with E-state index in [4.69, 9.17) is 4.52 Å². The van der Waals surface area contributed by atoms with Crippen LogP contribution in [0.4, 0.5) is 0 Å². The van der Waals surface area contributed by atoms with Crippen molar-refractivity contribution in [1.29, 1.82) is 0 Å². The van der Waals surface area contributed by atoms with Crippen molar-refractivity contribution >= 4 is 28.6 Å². The first kappa shape index (κ1) is 12.4. The zero-order chi connectivity index (χ0) is 12.3. The quantitative estimate of drug-likeness (QED) is 0.799. The van der Waals surface area contributed by atoms with Gasteiger partial charge in [0.05, 0.1) is 0 Å². The molecule has 0 saturated heterocycles. The molecule has 0 fully saturated rings. The molecule has 2 aromatic rings. The van der Waals surface area contributed by atoms with Crippen LogP contribution in [-0.4, -0.2) is 6.66 Å². The fraction of sp³-hybridized carbons (Fsp3) is 0.0769. The van der Waals surface area contributed by atoms with Crippen molar-refractivity contribution in [2.24, 2.45) is 0 Å². The molecular formula is C13H12BrO2P. The van der Waals surface area contributed by atoms with Crippen LogP contribution in [-0.2, 0) is 4.57 Å². The minimum atomic E-state index is -2.81. The molecule has 2 aromatic carbocycles. The van der Waals surface area contributed by atoms with Gasteiger partial charge < -0.3 is 4.52 Å². The normalized spacial score (nSPS) is 14.0. The minimum absolute atomic E-state index is 0.626. The summed E-state index contributed by atoms with van der Waals surface area (Å²) in [4.78, 5) is 0. The second-order valence-electron chi connectivity index (χ2n) is 3.73. The van der Waals surface area contributed by atoms with E-state index in [1.165, 1.54) is 0 Å². The van der Waals surface area contributed by atoms with Crippen LogP contribution in [0.5, 0.6) is 5.75 Å². The van der Waals surface area contributed by atoms with Gasteiger partial charge in [-0.2, -0.15) is 0 Å². The fourth-order valence-electron chi connectivity index (χ4n) is 1.45. The molecule has 0 aliphatic heterocycles. The largest absolute Gasteiger partial charge is 0.440 e. The Morgan fingerprint density at radius 1 is 1.00 bits per heavy atom. The molecule has 2 rings (SSSR count). The molecule has 1 atom stereocenters. The van der Waals surface area contributed by atoms with E-state index >= 15 is 0 Å². The Kier molecular flexibility index (Phi) is 3.70. The Hall–Kier alpha value is -1.05. The molecule has 4 heteroatoms. The Morgan fingerprint density at radius 2 is 1.59 bits per heavy atom. The highest BCUT2D eigenvalue weighted by Crippen LogP contribution is 2.42. The van der Waals surface area contributed by atoms with Crippen molar-refractivity contribution in [2.45, 2.75) is 0 Å². The molecule has 1 unspecified atom stereocenters. The number of benzene rings is 2. The van der Waals surface area contributed by atoms with Crippen LogP contribution in [0.15, 0.2) is 59.1 Å². The Morgan fingerprint density at radius 3 is 2.18 bits per heavy atom. The molecular weight excluding hydrogens is 299 g/mol. The first-order valence-corrected chi connectivity index (χ1v) is 8.03. The average molecular weight is 311 g/mol. The van der Waals surface area contributed by atoms with E-state index in [2.05, 4.69) is 15.9 Å². The van der Waals surface area contributed by atoms with Gasteiger partial charge in [0.15, 0.2) is 0 Å². The highest BCUT2D eigenvalue weighted by molar-refractivity contribution is 9.10. The predicted molar refractivity (Wildman–Crippen MR) is 74.4 cm³/mol. The van der Waals surface area contributed by atoms with Crippen molar-refractivity contribution in [3.8, 4) is 5.75 Å². The third kappa shape index (κ3) is 3.21. The van der Waals surface area contributed by atoms with Gasteiger partial charge >= 0.3 is 0 Å². The molecule has 0 bridgehead atoms. The standard InChI is InChI=1S/C13H12BrO2P/c1-17(15,13-9-7-11(14)8-10-13)16-12-5-3-2-4-6-12/h2-10H,1H3. The van der Waals surface area contributed by atoms with Crippen LogP contribution in [0.2, 0.25) is 0 Å². The summed E-state index contributed by atoms with van der Waals surface area (Å²) in [5.74, 6) is 0.626. The molecule has 0 heterocycles. The highest BCUT2D eigenvalue weighted by Gasteiger charge is 2.20. The molecule has 2 nitrogen and oxygen atoms in total. The van der Waals surface area contributed by atoms with Crippen molar-refractivity contribution in [3.05, 3.63) is 59.1 Å². The van der Waals surface area contributed by atoms with E-state index in [9.17, 15) is 4.57 Å². The first-order chi connectivity index (χ1) is 8.08. The molecule has 0 saturated carbocycles. The van der Waals surface area contributed by atoms with E-state index in [-0.39, 0.29) is 0 Å². The van der Waals surface area contributed by atoms with Crippen LogP contribution in [0.3, 0.4) is 0 Å². The van der Waals surface area contributed by atoms with Crippen LogP contribution < -0.4 is 9.83 Å². The van der Waals surface area contributed by atoms with E-state index in [1.807, 2.05) is 42.5 Å². The second-order valence-corrected chi connectivity index (χ2v) is 7.03. The summed E-state index contributed by atoms with van der Waals surface area (Å²) in [5.41, 5.74) is 0. The van der Waals surface area contributed by atoms with E-state index in [0.717, 1.165) is 4.47 Å². The van der Waals surface area contributed by atoms with Crippen LogP contribution in [0, 0.1) is 0 Å². The van der Waals surface area contributed by atoms with Crippen molar-refractivity contribution < 1.29 is 9.09 Å². The third-order valence-electron chi connectivity index (χ3n) is 2.32. The van der Waals surface area contributed by atoms with Gasteiger partial charge in [0.2, 0.25) is 0 Å². The summed E-state index contributed by atoms with van der Waals surface area (Å²) in [5, 5.41) is 0.713. The van der Waals surface area contributed by atoms with Crippen molar-refractivity contribution in [2.75, 3.05) is 6.66 Å². The molecule has 88 valence electrons. The highest BCUT2D eigenvalue weighted by atomic mass is 79.9. The van der Waals surface area contributed by atoms with Crippen molar-refractivity contribution in [3.63, 3.8) is 0 Å². The average Bonchev–Trinajstić information content (AvgIpc) is 2.30. The van der Waals surface area contributed by atoms with Crippen molar-refractivity contribution in [1.82, 2.24) is 0 Å². The molecule has 0 radical (unpaired) electrons. The third-order valence-corrected chi connectivity index (χ3v) is 4.64.